The van der Waals surface area contributed by atoms with Crippen LogP contribution in [-0.4, -0.2) is 0 Å². The van der Waals surface area contributed by atoms with Gasteiger partial charge in [-0.25, -0.2) is 8.78 Å². The van der Waals surface area contributed by atoms with E-state index in [2.05, 4.69) is 0 Å². The van der Waals surface area contributed by atoms with E-state index in [1.54, 1.807) is 12.1 Å². The van der Waals surface area contributed by atoms with Gasteiger partial charge in [-0.15, -0.1) is 0 Å². The first-order valence-corrected chi connectivity index (χ1v) is 5.49. The van der Waals surface area contributed by atoms with Crippen molar-refractivity contribution >= 4 is 5.57 Å². The Morgan fingerprint density at radius 2 is 1.71 bits per heavy atom. The van der Waals surface area contributed by atoms with E-state index < -0.39 is 0 Å². The summed E-state index contributed by atoms with van der Waals surface area (Å²) in [6, 6.07) is 11.2. The third kappa shape index (κ3) is 1.76. The van der Waals surface area contributed by atoms with E-state index in [0.29, 0.717) is 0 Å². The molecule has 0 amide bonds. The molecule has 0 N–H and O–H groups in total. The van der Waals surface area contributed by atoms with E-state index in [9.17, 15) is 8.78 Å². The highest BCUT2D eigenvalue weighted by molar-refractivity contribution is 5.84. The average Bonchev–Trinajstić information content (AvgIpc) is 2.71. The van der Waals surface area contributed by atoms with Crippen LogP contribution in [0.1, 0.15) is 16.7 Å². The first-order valence-electron chi connectivity index (χ1n) is 5.49. The summed E-state index contributed by atoms with van der Waals surface area (Å²) in [6.07, 6.45) is 2.79. The van der Waals surface area contributed by atoms with Gasteiger partial charge in [-0.3, -0.25) is 0 Å². The Hall–Kier alpha value is -1.96. The maximum absolute atomic E-state index is 13.2. The minimum atomic E-state index is -0.270. The van der Waals surface area contributed by atoms with Crippen LogP contribution in [0.4, 0.5) is 8.78 Å². The van der Waals surface area contributed by atoms with Gasteiger partial charge in [0.15, 0.2) is 0 Å². The van der Waals surface area contributed by atoms with Crippen LogP contribution < -0.4 is 0 Å². The van der Waals surface area contributed by atoms with Crippen molar-refractivity contribution in [1.82, 2.24) is 0 Å². The van der Waals surface area contributed by atoms with Crippen molar-refractivity contribution in [1.29, 1.82) is 0 Å². The van der Waals surface area contributed by atoms with Gasteiger partial charge < -0.3 is 0 Å². The number of halogens is 2. The summed E-state index contributed by atoms with van der Waals surface area (Å²) < 4.78 is 26.4. The molecular weight excluding hydrogens is 218 g/mol. The number of allylic oxidation sites excluding steroid dienone is 1. The van der Waals surface area contributed by atoms with E-state index in [-0.39, 0.29) is 11.6 Å². The highest BCUT2D eigenvalue weighted by Gasteiger charge is 2.16. The Labute approximate surface area is 98.2 Å². The van der Waals surface area contributed by atoms with Gasteiger partial charge in [0.2, 0.25) is 0 Å². The van der Waals surface area contributed by atoms with Crippen molar-refractivity contribution in [2.45, 2.75) is 6.42 Å². The zero-order valence-electron chi connectivity index (χ0n) is 9.08. The van der Waals surface area contributed by atoms with Gasteiger partial charge in [0.1, 0.15) is 11.6 Å². The van der Waals surface area contributed by atoms with Gasteiger partial charge in [0, 0.05) is 0 Å². The lowest BCUT2D eigenvalue weighted by molar-refractivity contribution is 0.627. The van der Waals surface area contributed by atoms with Crippen LogP contribution in [0.25, 0.3) is 5.57 Å². The van der Waals surface area contributed by atoms with Crippen LogP contribution in [-0.2, 0) is 6.42 Å². The van der Waals surface area contributed by atoms with Gasteiger partial charge in [0.05, 0.1) is 0 Å². The van der Waals surface area contributed by atoms with E-state index in [0.717, 1.165) is 28.7 Å². The fourth-order valence-electron chi connectivity index (χ4n) is 2.23. The summed E-state index contributed by atoms with van der Waals surface area (Å²) in [7, 11) is 0. The molecule has 0 atom stereocenters. The van der Waals surface area contributed by atoms with Gasteiger partial charge in [-0.1, -0.05) is 24.3 Å². The molecule has 0 nitrogen and oxygen atoms in total. The highest BCUT2D eigenvalue weighted by atomic mass is 19.1. The third-order valence-electron chi connectivity index (χ3n) is 3.02. The van der Waals surface area contributed by atoms with E-state index in [1.165, 1.54) is 24.3 Å². The number of fused-ring (bicyclic) bond motifs is 1. The van der Waals surface area contributed by atoms with Crippen LogP contribution in [0, 0.1) is 11.6 Å². The van der Waals surface area contributed by atoms with Crippen LogP contribution in [0.2, 0.25) is 0 Å². The lowest BCUT2D eigenvalue weighted by Gasteiger charge is -2.06. The fraction of sp³-hybridized carbons (Fsp3) is 0.0667. The summed E-state index contributed by atoms with van der Waals surface area (Å²) in [5, 5.41) is 0. The highest BCUT2D eigenvalue weighted by Crippen LogP contribution is 2.33. The molecule has 0 aromatic heterocycles. The van der Waals surface area contributed by atoms with Gasteiger partial charge in [0.25, 0.3) is 0 Å². The van der Waals surface area contributed by atoms with Gasteiger partial charge in [-0.2, -0.15) is 0 Å². The zero-order chi connectivity index (χ0) is 11.8. The lowest BCUT2D eigenvalue weighted by Crippen LogP contribution is -1.89. The first-order chi connectivity index (χ1) is 8.24. The maximum atomic E-state index is 13.2. The van der Waals surface area contributed by atoms with Crippen LogP contribution in [0.3, 0.4) is 0 Å². The molecule has 17 heavy (non-hydrogen) atoms. The Kier molecular flexibility index (Phi) is 2.29. The van der Waals surface area contributed by atoms with Crippen molar-refractivity contribution in [3.8, 4) is 0 Å². The molecule has 0 radical (unpaired) electrons. The molecule has 0 saturated carbocycles. The monoisotopic (exact) mass is 228 g/mol. The Bertz CT molecular complexity index is 612. The molecule has 0 unspecified atom stereocenters. The summed E-state index contributed by atoms with van der Waals surface area (Å²) >= 11 is 0. The summed E-state index contributed by atoms with van der Waals surface area (Å²) in [6.45, 7) is 0. The molecule has 0 bridgehead atoms. The minimum Gasteiger partial charge on any atom is -0.207 e. The molecule has 0 spiro atoms. The summed E-state index contributed by atoms with van der Waals surface area (Å²) in [5.41, 5.74) is 3.68. The van der Waals surface area contributed by atoms with Crippen molar-refractivity contribution < 1.29 is 8.78 Å². The minimum absolute atomic E-state index is 0.257. The summed E-state index contributed by atoms with van der Waals surface area (Å²) in [5.74, 6) is -0.527. The van der Waals surface area contributed by atoms with Crippen LogP contribution in [0.15, 0.2) is 48.5 Å². The van der Waals surface area contributed by atoms with Crippen molar-refractivity contribution in [3.05, 3.63) is 76.9 Å². The standard InChI is InChI=1S/C15H10F2/c16-12-3-1-2-11(8-12)14-7-5-10-4-6-13(17)9-15(10)14/h1-4,6-9H,5H2. The summed E-state index contributed by atoms with van der Waals surface area (Å²) in [4.78, 5) is 0. The molecule has 0 saturated heterocycles. The van der Waals surface area contributed by atoms with E-state index in [1.807, 2.05) is 12.1 Å². The molecule has 0 aliphatic heterocycles. The number of benzene rings is 2. The van der Waals surface area contributed by atoms with E-state index in [4.69, 9.17) is 0 Å². The predicted molar refractivity (Wildman–Crippen MR) is 63.6 cm³/mol. The molecule has 1 aliphatic rings. The molecule has 84 valence electrons. The number of hydrogen-bond acceptors (Lipinski definition) is 0. The molecule has 2 aromatic carbocycles. The predicted octanol–water partition coefficient (Wildman–Crippen LogP) is 3.95. The zero-order valence-corrected chi connectivity index (χ0v) is 9.08. The first kappa shape index (κ1) is 10.2. The molecule has 0 fully saturated rings. The topological polar surface area (TPSA) is 0 Å². The van der Waals surface area contributed by atoms with Gasteiger partial charge >= 0.3 is 0 Å². The molecule has 2 heteroatoms. The molecule has 2 aromatic rings. The maximum Gasteiger partial charge on any atom is 0.123 e. The molecular formula is C15H10F2. The van der Waals surface area contributed by atoms with Crippen LogP contribution >= 0.6 is 0 Å². The Morgan fingerprint density at radius 3 is 2.53 bits per heavy atom. The number of rotatable bonds is 1. The molecule has 1 aliphatic carbocycles. The quantitative estimate of drug-likeness (QED) is 0.693. The smallest absolute Gasteiger partial charge is 0.123 e. The van der Waals surface area contributed by atoms with Crippen LogP contribution in [0.5, 0.6) is 0 Å². The largest absolute Gasteiger partial charge is 0.207 e. The fourth-order valence-corrected chi connectivity index (χ4v) is 2.23. The number of hydrogen-bond donors (Lipinski definition) is 0. The molecule has 3 rings (SSSR count). The second-order valence-electron chi connectivity index (χ2n) is 4.13. The Morgan fingerprint density at radius 1 is 0.882 bits per heavy atom. The average molecular weight is 228 g/mol. The second kappa shape index (κ2) is 3.81. The second-order valence-corrected chi connectivity index (χ2v) is 4.13. The lowest BCUT2D eigenvalue weighted by atomic mass is 9.99. The molecule has 0 heterocycles. The SMILES string of the molecule is Fc1cccc(C2=CCc3ccc(F)cc32)c1. The Balaban J connectivity index is 2.12. The third-order valence-corrected chi connectivity index (χ3v) is 3.02. The van der Waals surface area contributed by atoms with E-state index >= 15 is 0 Å². The van der Waals surface area contributed by atoms with Gasteiger partial charge in [-0.05, 0) is 52.9 Å². The normalized spacial score (nSPS) is 13.4. The van der Waals surface area contributed by atoms with Crippen molar-refractivity contribution in [2.24, 2.45) is 0 Å². The van der Waals surface area contributed by atoms with Crippen molar-refractivity contribution in [3.63, 3.8) is 0 Å². The van der Waals surface area contributed by atoms with Crippen molar-refractivity contribution in [2.75, 3.05) is 0 Å².